The van der Waals surface area contributed by atoms with E-state index in [1.165, 1.54) is 31.5 Å². The molecule has 1 atom stereocenters. The fourth-order valence-electron chi connectivity index (χ4n) is 3.97. The lowest BCUT2D eigenvalue weighted by Crippen LogP contribution is -2.53. The molecule has 0 radical (unpaired) electrons. The molecule has 2 fully saturated rings. The van der Waals surface area contributed by atoms with Crippen molar-refractivity contribution in [1.29, 1.82) is 0 Å². The number of nitrogens with one attached hydrogen (secondary N) is 1. The molecule has 2 saturated heterocycles. The van der Waals surface area contributed by atoms with E-state index < -0.39 is 0 Å². The second-order valence-corrected chi connectivity index (χ2v) is 7.45. The molecule has 2 heterocycles. The Bertz CT molecular complexity index is 536. The topological polar surface area (TPSA) is 34.1 Å². The summed E-state index contributed by atoms with van der Waals surface area (Å²) in [5, 5.41) is 3.62. The minimum absolute atomic E-state index is 0.745. The first-order valence-electron chi connectivity index (χ1n) is 9.65. The number of piperazine rings is 1. The van der Waals surface area contributed by atoms with Crippen LogP contribution in [0.2, 0.25) is 0 Å². The van der Waals surface area contributed by atoms with Gasteiger partial charge in [0.25, 0.3) is 0 Å². The highest BCUT2D eigenvalue weighted by Gasteiger charge is 2.21. The Labute approximate surface area is 152 Å². The predicted molar refractivity (Wildman–Crippen MR) is 105 cm³/mol. The summed E-state index contributed by atoms with van der Waals surface area (Å²) in [5.74, 6) is 1.82. The Morgan fingerprint density at radius 3 is 2.56 bits per heavy atom. The van der Waals surface area contributed by atoms with Crippen LogP contribution in [0.1, 0.15) is 18.4 Å². The summed E-state index contributed by atoms with van der Waals surface area (Å²) in [6.45, 7) is 8.84. The standard InChI is InChI=1S/C20H33N5/c1-21-20(22-15-19-9-6-10-23(2)16-19)25-13-11-24(12-14-25)17-18-7-4-3-5-8-18/h3-5,7-8,19H,6,9-17H2,1-2H3,(H,21,22). The molecule has 0 bridgehead atoms. The van der Waals surface area contributed by atoms with Gasteiger partial charge in [-0.15, -0.1) is 0 Å². The number of rotatable bonds is 4. The number of piperidine rings is 1. The van der Waals surface area contributed by atoms with Crippen LogP contribution in [0, 0.1) is 5.92 Å². The summed E-state index contributed by atoms with van der Waals surface area (Å²) in [6.07, 6.45) is 2.65. The van der Waals surface area contributed by atoms with E-state index in [2.05, 4.69) is 62.4 Å². The molecule has 0 amide bonds. The normalized spacial score (nSPS) is 23.7. The van der Waals surface area contributed by atoms with Crippen molar-refractivity contribution in [3.05, 3.63) is 35.9 Å². The fraction of sp³-hybridized carbons (Fsp3) is 0.650. The van der Waals surface area contributed by atoms with Gasteiger partial charge >= 0.3 is 0 Å². The van der Waals surface area contributed by atoms with Gasteiger partial charge in [-0.25, -0.2) is 0 Å². The molecule has 2 aliphatic rings. The third kappa shape index (κ3) is 5.44. The molecule has 0 aromatic heterocycles. The zero-order valence-electron chi connectivity index (χ0n) is 15.8. The van der Waals surface area contributed by atoms with Crippen molar-refractivity contribution in [2.75, 3.05) is 59.9 Å². The van der Waals surface area contributed by atoms with Crippen LogP contribution in [0.3, 0.4) is 0 Å². The van der Waals surface area contributed by atoms with Crippen molar-refractivity contribution >= 4 is 5.96 Å². The van der Waals surface area contributed by atoms with Gasteiger partial charge in [0.15, 0.2) is 5.96 Å². The zero-order chi connectivity index (χ0) is 17.5. The van der Waals surface area contributed by atoms with Crippen molar-refractivity contribution in [2.24, 2.45) is 10.9 Å². The Morgan fingerprint density at radius 2 is 1.88 bits per heavy atom. The lowest BCUT2D eigenvalue weighted by molar-refractivity contribution is 0.170. The SMILES string of the molecule is CN=C(NCC1CCCN(C)C1)N1CCN(Cc2ccccc2)CC1. The van der Waals surface area contributed by atoms with Crippen LogP contribution in [0.15, 0.2) is 35.3 Å². The third-order valence-corrected chi connectivity index (χ3v) is 5.40. The van der Waals surface area contributed by atoms with Crippen LogP contribution in [0.25, 0.3) is 0 Å². The molecule has 0 spiro atoms. The van der Waals surface area contributed by atoms with Crippen LogP contribution in [-0.2, 0) is 6.54 Å². The first-order chi connectivity index (χ1) is 12.2. The molecule has 0 saturated carbocycles. The van der Waals surface area contributed by atoms with Gasteiger partial charge in [0.1, 0.15) is 0 Å². The highest BCUT2D eigenvalue weighted by Crippen LogP contribution is 2.14. The van der Waals surface area contributed by atoms with Crippen LogP contribution >= 0.6 is 0 Å². The smallest absolute Gasteiger partial charge is 0.193 e. The number of likely N-dealkylation sites (tertiary alicyclic amines) is 1. The molecule has 3 rings (SSSR count). The van der Waals surface area contributed by atoms with Gasteiger partial charge in [-0.1, -0.05) is 30.3 Å². The monoisotopic (exact) mass is 343 g/mol. The minimum atomic E-state index is 0.745. The first-order valence-corrected chi connectivity index (χ1v) is 9.65. The second-order valence-electron chi connectivity index (χ2n) is 7.45. The summed E-state index contributed by atoms with van der Waals surface area (Å²) in [4.78, 5) is 11.9. The van der Waals surface area contributed by atoms with Crippen molar-refractivity contribution in [2.45, 2.75) is 19.4 Å². The maximum atomic E-state index is 4.52. The van der Waals surface area contributed by atoms with E-state index in [1.807, 2.05) is 7.05 Å². The van der Waals surface area contributed by atoms with Gasteiger partial charge in [-0.2, -0.15) is 0 Å². The molecule has 2 aliphatic heterocycles. The summed E-state index contributed by atoms with van der Waals surface area (Å²) in [5.41, 5.74) is 1.40. The molecule has 5 nitrogen and oxygen atoms in total. The largest absolute Gasteiger partial charge is 0.356 e. The van der Waals surface area contributed by atoms with Crippen molar-refractivity contribution in [1.82, 2.24) is 20.0 Å². The van der Waals surface area contributed by atoms with Crippen LogP contribution in [-0.4, -0.2) is 80.6 Å². The molecular weight excluding hydrogens is 310 g/mol. The van der Waals surface area contributed by atoms with Crippen LogP contribution in [0.4, 0.5) is 0 Å². The van der Waals surface area contributed by atoms with E-state index in [-0.39, 0.29) is 0 Å². The van der Waals surface area contributed by atoms with Gasteiger partial charge in [0, 0.05) is 52.9 Å². The zero-order valence-corrected chi connectivity index (χ0v) is 15.8. The number of aliphatic imine (C=N–C) groups is 1. The van der Waals surface area contributed by atoms with E-state index in [4.69, 9.17) is 0 Å². The van der Waals surface area contributed by atoms with Crippen molar-refractivity contribution < 1.29 is 0 Å². The van der Waals surface area contributed by atoms with Crippen molar-refractivity contribution in [3.63, 3.8) is 0 Å². The summed E-state index contributed by atoms with van der Waals surface area (Å²) in [6, 6.07) is 10.8. The van der Waals surface area contributed by atoms with Gasteiger partial charge in [0.05, 0.1) is 0 Å². The minimum Gasteiger partial charge on any atom is -0.356 e. The average Bonchev–Trinajstić information content (AvgIpc) is 2.64. The Kier molecular flexibility index (Phi) is 6.70. The Balaban J connectivity index is 1.42. The van der Waals surface area contributed by atoms with E-state index in [0.29, 0.717) is 0 Å². The Hall–Kier alpha value is -1.59. The summed E-state index contributed by atoms with van der Waals surface area (Å²) < 4.78 is 0. The molecule has 1 unspecified atom stereocenters. The van der Waals surface area contributed by atoms with Gasteiger partial charge in [-0.05, 0) is 37.9 Å². The molecule has 0 aliphatic carbocycles. The molecular formula is C20H33N5. The molecule has 1 N–H and O–H groups in total. The maximum Gasteiger partial charge on any atom is 0.193 e. The lowest BCUT2D eigenvalue weighted by Gasteiger charge is -2.37. The second kappa shape index (κ2) is 9.20. The molecule has 1 aromatic carbocycles. The number of guanidine groups is 1. The number of nitrogens with zero attached hydrogens (tertiary/aromatic N) is 4. The van der Waals surface area contributed by atoms with Gasteiger partial charge < -0.3 is 15.1 Å². The fourth-order valence-corrected chi connectivity index (χ4v) is 3.97. The highest BCUT2D eigenvalue weighted by atomic mass is 15.3. The average molecular weight is 344 g/mol. The number of hydrogen-bond donors (Lipinski definition) is 1. The van der Waals surface area contributed by atoms with Gasteiger partial charge in [-0.3, -0.25) is 9.89 Å². The van der Waals surface area contributed by atoms with E-state index in [9.17, 15) is 0 Å². The molecule has 5 heteroatoms. The lowest BCUT2D eigenvalue weighted by atomic mass is 9.98. The quantitative estimate of drug-likeness (QED) is 0.667. The summed E-state index contributed by atoms with van der Waals surface area (Å²) >= 11 is 0. The Morgan fingerprint density at radius 1 is 1.12 bits per heavy atom. The van der Waals surface area contributed by atoms with E-state index in [0.717, 1.165) is 51.1 Å². The predicted octanol–water partition coefficient (Wildman–Crippen LogP) is 1.72. The van der Waals surface area contributed by atoms with Crippen LogP contribution in [0.5, 0.6) is 0 Å². The number of benzene rings is 1. The van der Waals surface area contributed by atoms with E-state index in [1.54, 1.807) is 0 Å². The third-order valence-electron chi connectivity index (χ3n) is 5.40. The van der Waals surface area contributed by atoms with Crippen LogP contribution < -0.4 is 5.32 Å². The summed E-state index contributed by atoms with van der Waals surface area (Å²) in [7, 11) is 4.14. The highest BCUT2D eigenvalue weighted by molar-refractivity contribution is 5.80. The van der Waals surface area contributed by atoms with Crippen molar-refractivity contribution in [3.8, 4) is 0 Å². The molecule has 25 heavy (non-hydrogen) atoms. The maximum absolute atomic E-state index is 4.52. The van der Waals surface area contributed by atoms with E-state index >= 15 is 0 Å². The number of hydrogen-bond acceptors (Lipinski definition) is 3. The molecule has 1 aromatic rings. The first kappa shape index (κ1) is 18.2. The molecule has 138 valence electrons. The van der Waals surface area contributed by atoms with Gasteiger partial charge in [0.2, 0.25) is 0 Å².